The summed E-state index contributed by atoms with van der Waals surface area (Å²) in [7, 11) is 0. The highest BCUT2D eigenvalue weighted by molar-refractivity contribution is 9.10. The second-order valence-corrected chi connectivity index (χ2v) is 2.90. The highest BCUT2D eigenvalue weighted by atomic mass is 79.9. The smallest absolute Gasteiger partial charge is 0.124 e. The van der Waals surface area contributed by atoms with Crippen LogP contribution in [-0.4, -0.2) is 11.3 Å². The molecule has 0 radical (unpaired) electrons. The number of phenols is 1. The molecule has 11 heavy (non-hydrogen) atoms. The summed E-state index contributed by atoms with van der Waals surface area (Å²) in [6, 6.07) is 5.04. The molecule has 0 spiro atoms. The third-order valence-electron chi connectivity index (χ3n) is 1.20. The summed E-state index contributed by atoms with van der Waals surface area (Å²) in [4.78, 5) is 0. The third kappa shape index (κ3) is 1.94. The van der Waals surface area contributed by atoms with Crippen LogP contribution in [0.25, 0.3) is 0 Å². The number of hydrazone groups is 1. The van der Waals surface area contributed by atoms with E-state index in [4.69, 9.17) is 5.84 Å². The summed E-state index contributed by atoms with van der Waals surface area (Å²) < 4.78 is 0.880. The van der Waals surface area contributed by atoms with Crippen LogP contribution < -0.4 is 5.84 Å². The summed E-state index contributed by atoms with van der Waals surface area (Å²) in [5.74, 6) is 5.09. The summed E-state index contributed by atoms with van der Waals surface area (Å²) in [5.41, 5.74) is 0.599. The van der Waals surface area contributed by atoms with Crippen LogP contribution in [-0.2, 0) is 0 Å². The first-order chi connectivity index (χ1) is 5.24. The second kappa shape index (κ2) is 3.39. The van der Waals surface area contributed by atoms with Crippen molar-refractivity contribution in [3.05, 3.63) is 28.2 Å². The van der Waals surface area contributed by atoms with E-state index in [2.05, 4.69) is 21.0 Å². The minimum Gasteiger partial charge on any atom is -0.507 e. The molecule has 0 atom stereocenters. The Labute approximate surface area is 72.7 Å². The molecule has 3 N–H and O–H groups in total. The first-order valence-corrected chi connectivity index (χ1v) is 3.75. The predicted molar refractivity (Wildman–Crippen MR) is 47.6 cm³/mol. The summed E-state index contributed by atoms with van der Waals surface area (Å²) in [6.07, 6.45) is 1.39. The van der Waals surface area contributed by atoms with Crippen LogP contribution in [0.1, 0.15) is 5.56 Å². The Morgan fingerprint density at radius 2 is 2.27 bits per heavy atom. The van der Waals surface area contributed by atoms with Crippen LogP contribution in [0.4, 0.5) is 0 Å². The molecule has 0 saturated heterocycles. The molecule has 0 bridgehead atoms. The number of rotatable bonds is 1. The van der Waals surface area contributed by atoms with Gasteiger partial charge in [-0.25, -0.2) is 0 Å². The SMILES string of the molecule is NN=Cc1cc(Br)ccc1O. The lowest BCUT2D eigenvalue weighted by Crippen LogP contribution is -1.86. The van der Waals surface area contributed by atoms with E-state index in [9.17, 15) is 5.11 Å². The van der Waals surface area contributed by atoms with Gasteiger partial charge in [0, 0.05) is 10.0 Å². The Bertz CT molecular complexity index is 286. The zero-order valence-corrected chi connectivity index (χ0v) is 7.25. The standard InChI is InChI=1S/C7H7BrN2O/c8-6-1-2-7(11)5(3-6)4-10-9/h1-4,11H,9H2. The second-order valence-electron chi connectivity index (χ2n) is 1.98. The van der Waals surface area contributed by atoms with Crippen molar-refractivity contribution in [2.45, 2.75) is 0 Å². The fourth-order valence-corrected chi connectivity index (χ4v) is 1.09. The van der Waals surface area contributed by atoms with Crippen molar-refractivity contribution in [3.63, 3.8) is 0 Å². The van der Waals surface area contributed by atoms with Gasteiger partial charge in [0.25, 0.3) is 0 Å². The van der Waals surface area contributed by atoms with Gasteiger partial charge in [0.2, 0.25) is 0 Å². The molecule has 0 aliphatic carbocycles. The van der Waals surface area contributed by atoms with Crippen LogP contribution >= 0.6 is 15.9 Å². The monoisotopic (exact) mass is 214 g/mol. The average Bonchev–Trinajstić information content (AvgIpc) is 1.98. The van der Waals surface area contributed by atoms with E-state index >= 15 is 0 Å². The molecule has 58 valence electrons. The summed E-state index contributed by atoms with van der Waals surface area (Å²) in [6.45, 7) is 0. The van der Waals surface area contributed by atoms with E-state index in [0.717, 1.165) is 4.47 Å². The quantitative estimate of drug-likeness (QED) is 0.423. The van der Waals surface area contributed by atoms with Gasteiger partial charge in [-0.2, -0.15) is 5.10 Å². The summed E-state index contributed by atoms with van der Waals surface area (Å²) in [5, 5.41) is 12.5. The maximum atomic E-state index is 9.20. The topological polar surface area (TPSA) is 58.6 Å². The molecule has 1 aromatic carbocycles. The number of nitrogens with two attached hydrogens (primary N) is 1. The van der Waals surface area contributed by atoms with Gasteiger partial charge in [0.1, 0.15) is 5.75 Å². The average molecular weight is 215 g/mol. The Morgan fingerprint density at radius 1 is 1.55 bits per heavy atom. The number of halogens is 1. The van der Waals surface area contributed by atoms with Gasteiger partial charge in [0.15, 0.2) is 0 Å². The Hall–Kier alpha value is -1.03. The zero-order chi connectivity index (χ0) is 8.27. The number of hydrogen-bond donors (Lipinski definition) is 2. The van der Waals surface area contributed by atoms with Crippen LogP contribution in [0.15, 0.2) is 27.8 Å². The number of aromatic hydroxyl groups is 1. The highest BCUT2D eigenvalue weighted by Crippen LogP contribution is 2.19. The maximum absolute atomic E-state index is 9.20. The number of benzene rings is 1. The van der Waals surface area contributed by atoms with Crippen LogP contribution in [0, 0.1) is 0 Å². The molecule has 0 aromatic heterocycles. The first kappa shape index (κ1) is 8.07. The van der Waals surface area contributed by atoms with Gasteiger partial charge in [-0.05, 0) is 18.2 Å². The largest absolute Gasteiger partial charge is 0.507 e. The third-order valence-corrected chi connectivity index (χ3v) is 1.70. The minimum absolute atomic E-state index is 0.169. The fraction of sp³-hybridized carbons (Fsp3) is 0. The molecule has 0 fully saturated rings. The van der Waals surface area contributed by atoms with Crippen molar-refractivity contribution in [3.8, 4) is 5.75 Å². The minimum atomic E-state index is 0.169. The van der Waals surface area contributed by atoms with Crippen LogP contribution in [0.2, 0.25) is 0 Å². The lowest BCUT2D eigenvalue weighted by atomic mass is 10.2. The Morgan fingerprint density at radius 3 is 2.91 bits per heavy atom. The van der Waals surface area contributed by atoms with E-state index in [1.807, 2.05) is 0 Å². The van der Waals surface area contributed by atoms with Crippen molar-refractivity contribution in [2.75, 3.05) is 0 Å². The van der Waals surface area contributed by atoms with Crippen molar-refractivity contribution in [1.82, 2.24) is 0 Å². The van der Waals surface area contributed by atoms with Crippen LogP contribution in [0.5, 0.6) is 5.75 Å². The molecule has 1 aromatic rings. The first-order valence-electron chi connectivity index (χ1n) is 2.96. The van der Waals surface area contributed by atoms with Crippen molar-refractivity contribution >= 4 is 22.1 Å². The van der Waals surface area contributed by atoms with Crippen molar-refractivity contribution < 1.29 is 5.11 Å². The molecule has 1 rings (SSSR count). The molecule has 0 saturated carbocycles. The van der Waals surface area contributed by atoms with Crippen molar-refractivity contribution in [2.24, 2.45) is 10.9 Å². The normalized spacial score (nSPS) is 10.6. The molecule has 0 amide bonds. The fourth-order valence-electron chi connectivity index (χ4n) is 0.709. The van der Waals surface area contributed by atoms with Gasteiger partial charge in [-0.3, -0.25) is 0 Å². The molecule has 0 heterocycles. The van der Waals surface area contributed by atoms with Gasteiger partial charge in [0.05, 0.1) is 6.21 Å². The van der Waals surface area contributed by atoms with Gasteiger partial charge in [-0.1, -0.05) is 15.9 Å². The molecule has 0 aliphatic heterocycles. The maximum Gasteiger partial charge on any atom is 0.124 e. The van der Waals surface area contributed by atoms with E-state index < -0.39 is 0 Å². The molecular weight excluding hydrogens is 208 g/mol. The number of nitrogens with zero attached hydrogens (tertiary/aromatic N) is 1. The molecular formula is C7H7BrN2O. The lowest BCUT2D eigenvalue weighted by molar-refractivity contribution is 0.474. The van der Waals surface area contributed by atoms with E-state index in [0.29, 0.717) is 5.56 Å². The van der Waals surface area contributed by atoms with Crippen LogP contribution in [0.3, 0.4) is 0 Å². The van der Waals surface area contributed by atoms with E-state index in [-0.39, 0.29) is 5.75 Å². The van der Waals surface area contributed by atoms with Crippen molar-refractivity contribution in [1.29, 1.82) is 0 Å². The molecule has 3 nitrogen and oxygen atoms in total. The lowest BCUT2D eigenvalue weighted by Gasteiger charge is -1.97. The highest BCUT2D eigenvalue weighted by Gasteiger charge is 1.97. The van der Waals surface area contributed by atoms with E-state index in [1.54, 1.807) is 18.2 Å². The predicted octanol–water partition coefficient (Wildman–Crippen LogP) is 1.45. The van der Waals surface area contributed by atoms with Gasteiger partial charge < -0.3 is 10.9 Å². The van der Waals surface area contributed by atoms with E-state index in [1.165, 1.54) is 6.21 Å². The molecule has 0 unspecified atom stereocenters. The van der Waals surface area contributed by atoms with Gasteiger partial charge in [-0.15, -0.1) is 0 Å². The number of phenolic OH excluding ortho intramolecular Hbond substituents is 1. The Balaban J connectivity index is 3.12. The molecule has 4 heteroatoms. The van der Waals surface area contributed by atoms with Gasteiger partial charge >= 0.3 is 0 Å². The number of hydrogen-bond acceptors (Lipinski definition) is 3. The summed E-state index contributed by atoms with van der Waals surface area (Å²) >= 11 is 3.25. The zero-order valence-electron chi connectivity index (χ0n) is 5.66. The Kier molecular flexibility index (Phi) is 2.48. The molecule has 0 aliphatic rings.